The van der Waals surface area contributed by atoms with E-state index in [-0.39, 0.29) is 5.91 Å². The first-order chi connectivity index (χ1) is 8.60. The van der Waals surface area contributed by atoms with E-state index in [4.69, 9.17) is 4.42 Å². The summed E-state index contributed by atoms with van der Waals surface area (Å²) in [4.78, 5) is 21.5. The minimum atomic E-state index is -0.108. The van der Waals surface area contributed by atoms with E-state index < -0.39 is 0 Å². The summed E-state index contributed by atoms with van der Waals surface area (Å²) >= 11 is 0. The van der Waals surface area contributed by atoms with Crippen molar-refractivity contribution in [3.8, 4) is 11.3 Å². The third-order valence-electron chi connectivity index (χ3n) is 2.56. The second kappa shape index (κ2) is 4.87. The third kappa shape index (κ3) is 2.48. The van der Waals surface area contributed by atoms with Crippen LogP contribution in [0.5, 0.6) is 0 Å². The molecule has 0 aliphatic rings. The van der Waals surface area contributed by atoms with E-state index in [2.05, 4.69) is 5.32 Å². The lowest BCUT2D eigenvalue weighted by atomic mass is 10.1. The van der Waals surface area contributed by atoms with Gasteiger partial charge in [-0.3, -0.25) is 9.59 Å². The first-order valence-corrected chi connectivity index (χ1v) is 5.54. The summed E-state index contributed by atoms with van der Waals surface area (Å²) in [7, 11) is 0. The number of carbonyl (C=O) groups is 2. The van der Waals surface area contributed by atoms with Gasteiger partial charge in [-0.25, -0.2) is 0 Å². The van der Waals surface area contributed by atoms with E-state index in [9.17, 15) is 9.59 Å². The van der Waals surface area contributed by atoms with E-state index in [1.54, 1.807) is 18.2 Å². The van der Waals surface area contributed by atoms with Gasteiger partial charge in [0.25, 0.3) is 0 Å². The van der Waals surface area contributed by atoms with E-state index in [1.807, 2.05) is 19.1 Å². The van der Waals surface area contributed by atoms with Crippen LogP contribution in [0.15, 0.2) is 34.7 Å². The lowest BCUT2D eigenvalue weighted by Gasteiger charge is -2.06. The van der Waals surface area contributed by atoms with Crippen LogP contribution in [-0.4, -0.2) is 12.2 Å². The quantitative estimate of drug-likeness (QED) is 0.843. The van der Waals surface area contributed by atoms with Gasteiger partial charge in [0, 0.05) is 18.2 Å². The molecule has 1 aromatic carbocycles. The predicted molar refractivity (Wildman–Crippen MR) is 68.6 cm³/mol. The second-order valence-electron chi connectivity index (χ2n) is 4.03. The maximum Gasteiger partial charge on any atom is 0.221 e. The van der Waals surface area contributed by atoms with Crippen LogP contribution >= 0.6 is 0 Å². The normalized spacial score (nSPS) is 10.1. The molecule has 1 aromatic heterocycles. The van der Waals surface area contributed by atoms with Gasteiger partial charge in [0.1, 0.15) is 5.76 Å². The lowest BCUT2D eigenvalue weighted by Crippen LogP contribution is -2.05. The van der Waals surface area contributed by atoms with Crippen molar-refractivity contribution in [1.82, 2.24) is 0 Å². The van der Waals surface area contributed by atoms with Gasteiger partial charge in [-0.1, -0.05) is 0 Å². The summed E-state index contributed by atoms with van der Waals surface area (Å²) in [6.45, 7) is 3.38. The van der Waals surface area contributed by atoms with Crippen molar-refractivity contribution >= 4 is 17.9 Å². The largest absolute Gasteiger partial charge is 0.453 e. The molecule has 0 spiro atoms. The molecule has 0 radical (unpaired) electrons. The Hall–Kier alpha value is -2.36. The standard InChI is InChI=1S/C14H13NO3/c1-9-7-11(15-10(2)17)3-5-13(9)14-6-4-12(8-16)18-14/h3-8H,1-2H3,(H,15,17). The van der Waals surface area contributed by atoms with Crippen molar-refractivity contribution in [2.75, 3.05) is 5.32 Å². The number of benzene rings is 1. The average molecular weight is 243 g/mol. The van der Waals surface area contributed by atoms with Crippen LogP contribution in [0.4, 0.5) is 5.69 Å². The first-order valence-electron chi connectivity index (χ1n) is 5.54. The monoisotopic (exact) mass is 243 g/mol. The Bertz CT molecular complexity index is 599. The molecule has 0 aliphatic carbocycles. The SMILES string of the molecule is CC(=O)Nc1ccc(-c2ccc(C=O)o2)c(C)c1. The van der Waals surface area contributed by atoms with Gasteiger partial charge in [0.2, 0.25) is 5.91 Å². The van der Waals surface area contributed by atoms with Crippen LogP contribution in [0.1, 0.15) is 23.0 Å². The molecular formula is C14H13NO3. The third-order valence-corrected chi connectivity index (χ3v) is 2.56. The molecule has 0 saturated heterocycles. The van der Waals surface area contributed by atoms with E-state index in [1.165, 1.54) is 6.92 Å². The van der Waals surface area contributed by atoms with Crippen LogP contribution in [0.25, 0.3) is 11.3 Å². The molecule has 4 heteroatoms. The molecule has 1 heterocycles. The Kier molecular flexibility index (Phi) is 3.28. The molecule has 0 aliphatic heterocycles. The number of carbonyl (C=O) groups excluding carboxylic acids is 2. The number of nitrogens with one attached hydrogen (secondary N) is 1. The highest BCUT2D eigenvalue weighted by atomic mass is 16.3. The number of anilines is 1. The maximum absolute atomic E-state index is 11.0. The summed E-state index contributed by atoms with van der Waals surface area (Å²) in [5, 5.41) is 2.71. The molecule has 18 heavy (non-hydrogen) atoms. The highest BCUT2D eigenvalue weighted by Gasteiger charge is 2.08. The van der Waals surface area contributed by atoms with Gasteiger partial charge >= 0.3 is 0 Å². The predicted octanol–water partition coefficient (Wildman–Crippen LogP) is 3.03. The zero-order valence-electron chi connectivity index (χ0n) is 10.2. The Morgan fingerprint density at radius 2 is 2.06 bits per heavy atom. The second-order valence-corrected chi connectivity index (χ2v) is 4.03. The summed E-state index contributed by atoms with van der Waals surface area (Å²) in [6, 6.07) is 8.90. The van der Waals surface area contributed by atoms with Gasteiger partial charge in [0.15, 0.2) is 12.0 Å². The average Bonchev–Trinajstić information content (AvgIpc) is 2.76. The van der Waals surface area contributed by atoms with Crippen molar-refractivity contribution in [2.24, 2.45) is 0 Å². The van der Waals surface area contributed by atoms with Crippen molar-refractivity contribution < 1.29 is 14.0 Å². The Morgan fingerprint density at radius 3 is 2.61 bits per heavy atom. The minimum absolute atomic E-state index is 0.108. The van der Waals surface area contributed by atoms with Crippen LogP contribution in [0.3, 0.4) is 0 Å². The first kappa shape index (κ1) is 12.1. The van der Waals surface area contributed by atoms with E-state index in [0.29, 0.717) is 17.8 Å². The number of hydrogen-bond donors (Lipinski definition) is 1. The topological polar surface area (TPSA) is 59.3 Å². The smallest absolute Gasteiger partial charge is 0.221 e. The molecule has 1 amide bonds. The molecule has 2 rings (SSSR count). The van der Waals surface area contributed by atoms with Crippen molar-refractivity contribution in [3.05, 3.63) is 41.7 Å². The zero-order chi connectivity index (χ0) is 13.1. The fourth-order valence-corrected chi connectivity index (χ4v) is 1.78. The molecule has 4 nitrogen and oxygen atoms in total. The van der Waals surface area contributed by atoms with Gasteiger partial charge in [-0.05, 0) is 42.8 Å². The van der Waals surface area contributed by atoms with Crippen LogP contribution < -0.4 is 5.32 Å². The number of aryl methyl sites for hydroxylation is 1. The molecule has 0 saturated carbocycles. The minimum Gasteiger partial charge on any atom is -0.453 e. The van der Waals surface area contributed by atoms with Gasteiger partial charge in [0.05, 0.1) is 0 Å². The fourth-order valence-electron chi connectivity index (χ4n) is 1.78. The van der Waals surface area contributed by atoms with Crippen molar-refractivity contribution in [1.29, 1.82) is 0 Å². The number of amides is 1. The maximum atomic E-state index is 11.0. The fraction of sp³-hybridized carbons (Fsp3) is 0.143. The van der Waals surface area contributed by atoms with Gasteiger partial charge in [-0.15, -0.1) is 0 Å². The Labute approximate surface area is 105 Å². The van der Waals surface area contributed by atoms with Gasteiger partial charge in [-0.2, -0.15) is 0 Å². The Balaban J connectivity index is 2.34. The molecule has 0 atom stereocenters. The van der Waals surface area contributed by atoms with Crippen LogP contribution in [0.2, 0.25) is 0 Å². The molecule has 1 N–H and O–H groups in total. The number of rotatable bonds is 3. The summed E-state index contributed by atoms with van der Waals surface area (Å²) in [5.41, 5.74) is 2.61. The summed E-state index contributed by atoms with van der Waals surface area (Å²) in [6.07, 6.45) is 0.671. The van der Waals surface area contributed by atoms with Crippen LogP contribution in [-0.2, 0) is 4.79 Å². The molecule has 0 fully saturated rings. The van der Waals surface area contributed by atoms with Crippen molar-refractivity contribution in [3.63, 3.8) is 0 Å². The highest BCUT2D eigenvalue weighted by molar-refractivity contribution is 5.89. The molecule has 0 bridgehead atoms. The number of aldehydes is 1. The zero-order valence-corrected chi connectivity index (χ0v) is 10.2. The van der Waals surface area contributed by atoms with Crippen molar-refractivity contribution in [2.45, 2.75) is 13.8 Å². The van der Waals surface area contributed by atoms with Gasteiger partial charge < -0.3 is 9.73 Å². The van der Waals surface area contributed by atoms with E-state index in [0.717, 1.165) is 16.8 Å². The lowest BCUT2D eigenvalue weighted by molar-refractivity contribution is -0.114. The highest BCUT2D eigenvalue weighted by Crippen LogP contribution is 2.27. The summed E-state index contributed by atoms with van der Waals surface area (Å²) < 4.78 is 5.37. The molecule has 2 aromatic rings. The van der Waals surface area contributed by atoms with E-state index >= 15 is 0 Å². The molecular weight excluding hydrogens is 230 g/mol. The molecule has 92 valence electrons. The summed E-state index contributed by atoms with van der Waals surface area (Å²) in [5.74, 6) is 0.836. The number of furan rings is 1. The molecule has 0 unspecified atom stereocenters. The number of hydrogen-bond acceptors (Lipinski definition) is 3. The Morgan fingerprint density at radius 1 is 1.28 bits per heavy atom. The van der Waals surface area contributed by atoms with Crippen LogP contribution in [0, 0.1) is 6.92 Å².